The molecular weight excluding hydrogens is 433 g/mol. The van der Waals surface area contributed by atoms with Crippen molar-refractivity contribution >= 4 is 36.0 Å². The highest BCUT2D eigenvalue weighted by molar-refractivity contribution is 14.0. The van der Waals surface area contributed by atoms with Gasteiger partial charge in [-0.05, 0) is 47.2 Å². The van der Waals surface area contributed by atoms with E-state index in [0.717, 1.165) is 25.6 Å². The molecule has 2 atom stereocenters. The number of nitrogens with zero attached hydrogens (tertiary/aromatic N) is 4. The number of hydrogen-bond donors (Lipinski definition) is 1. The number of carbonyl (C=O) groups is 1. The van der Waals surface area contributed by atoms with E-state index in [1.807, 2.05) is 25.7 Å². The van der Waals surface area contributed by atoms with Crippen LogP contribution in [0.4, 0.5) is 4.79 Å². The Bertz CT molecular complexity index is 508. The van der Waals surface area contributed by atoms with Crippen LogP contribution in [0.25, 0.3) is 0 Å². The van der Waals surface area contributed by atoms with Gasteiger partial charge >= 0.3 is 6.09 Å². The van der Waals surface area contributed by atoms with Gasteiger partial charge in [0, 0.05) is 32.2 Å². The molecule has 0 aromatic heterocycles. The van der Waals surface area contributed by atoms with E-state index in [4.69, 9.17) is 4.74 Å². The van der Waals surface area contributed by atoms with Crippen LogP contribution in [0.3, 0.4) is 0 Å². The second-order valence-electron chi connectivity index (χ2n) is 8.10. The van der Waals surface area contributed by atoms with Crippen molar-refractivity contribution in [2.24, 2.45) is 4.99 Å². The highest BCUT2D eigenvalue weighted by Crippen LogP contribution is 2.19. The summed E-state index contributed by atoms with van der Waals surface area (Å²) in [7, 11) is 2.19. The van der Waals surface area contributed by atoms with E-state index in [1.165, 1.54) is 19.4 Å². The zero-order valence-corrected chi connectivity index (χ0v) is 18.2. The Balaban J connectivity index is 0.00000225. The first-order valence-electron chi connectivity index (χ1n) is 9.06. The summed E-state index contributed by atoms with van der Waals surface area (Å²) in [5, 5.41) is 3.54. The summed E-state index contributed by atoms with van der Waals surface area (Å²) in [5.41, 5.74) is -0.444. The van der Waals surface area contributed by atoms with Crippen molar-refractivity contribution in [3.8, 4) is 0 Å². The van der Waals surface area contributed by atoms with Gasteiger partial charge < -0.3 is 24.8 Å². The lowest BCUT2D eigenvalue weighted by molar-refractivity contribution is 0.0137. The van der Waals surface area contributed by atoms with Crippen LogP contribution in [-0.4, -0.2) is 90.8 Å². The lowest BCUT2D eigenvalue weighted by Crippen LogP contribution is -2.58. The van der Waals surface area contributed by atoms with Crippen LogP contribution in [-0.2, 0) is 4.74 Å². The Hall–Kier alpha value is -0.770. The third-order valence-electron chi connectivity index (χ3n) is 5.03. The normalized spacial score (nSPS) is 26.8. The maximum Gasteiger partial charge on any atom is 0.410 e. The van der Waals surface area contributed by atoms with Gasteiger partial charge in [-0.15, -0.1) is 24.0 Å². The summed E-state index contributed by atoms with van der Waals surface area (Å²) >= 11 is 0. The van der Waals surface area contributed by atoms with Crippen LogP contribution in [0.1, 0.15) is 33.6 Å². The number of aliphatic imine (C=N–C) groups is 1. The number of guanidine groups is 1. The van der Waals surface area contributed by atoms with Crippen LogP contribution < -0.4 is 5.32 Å². The molecule has 3 rings (SSSR count). The standard InChI is InChI=1S/C17H31N5O2.HI/c1-17(2,3)24-16(23)21-8-9-22-14(12-21)11-19-15(22)18-10-13-6-5-7-20(13)4;/h13-14H,5-12H2,1-4H3,(H,18,19);1H. The molecule has 2 saturated heterocycles. The van der Waals surface area contributed by atoms with E-state index in [-0.39, 0.29) is 36.1 Å². The van der Waals surface area contributed by atoms with Crippen molar-refractivity contribution in [2.45, 2.75) is 51.3 Å². The highest BCUT2D eigenvalue weighted by atomic mass is 127. The van der Waals surface area contributed by atoms with Crippen molar-refractivity contribution < 1.29 is 9.53 Å². The second-order valence-corrected chi connectivity index (χ2v) is 8.10. The fourth-order valence-corrected chi connectivity index (χ4v) is 3.67. The van der Waals surface area contributed by atoms with Crippen molar-refractivity contribution in [1.29, 1.82) is 0 Å². The molecule has 0 aromatic rings. The Kier molecular flexibility index (Phi) is 6.80. The molecule has 3 aliphatic rings. The molecule has 3 heterocycles. The molecule has 1 amide bonds. The number of likely N-dealkylation sites (N-methyl/N-ethyl adjacent to an activating group) is 1. The molecule has 0 aromatic carbocycles. The predicted molar refractivity (Wildman–Crippen MR) is 110 cm³/mol. The fraction of sp³-hybridized carbons (Fsp3) is 0.882. The van der Waals surface area contributed by atoms with Gasteiger partial charge in [-0.2, -0.15) is 0 Å². The summed E-state index contributed by atoms with van der Waals surface area (Å²) in [6, 6.07) is 0.880. The highest BCUT2D eigenvalue weighted by Gasteiger charge is 2.36. The van der Waals surface area contributed by atoms with Crippen LogP contribution in [0.15, 0.2) is 4.99 Å². The van der Waals surface area contributed by atoms with Crippen molar-refractivity contribution in [3.05, 3.63) is 0 Å². The van der Waals surface area contributed by atoms with E-state index in [9.17, 15) is 4.79 Å². The molecule has 0 aliphatic carbocycles. The first-order valence-corrected chi connectivity index (χ1v) is 9.06. The number of rotatable bonds is 2. The predicted octanol–water partition coefficient (Wildman–Crippen LogP) is 1.58. The van der Waals surface area contributed by atoms with Crippen LogP contribution >= 0.6 is 24.0 Å². The summed E-state index contributed by atoms with van der Waals surface area (Å²) < 4.78 is 5.49. The number of halogens is 1. The number of hydrogen-bond acceptors (Lipinski definition) is 6. The van der Waals surface area contributed by atoms with Gasteiger partial charge in [-0.3, -0.25) is 4.99 Å². The zero-order valence-electron chi connectivity index (χ0n) is 15.8. The first kappa shape index (κ1) is 20.5. The topological polar surface area (TPSA) is 60.4 Å². The zero-order chi connectivity index (χ0) is 17.3. The molecule has 0 bridgehead atoms. The average molecular weight is 465 g/mol. The summed E-state index contributed by atoms with van der Waals surface area (Å²) in [6.45, 7) is 10.8. The third kappa shape index (κ3) is 5.12. The number of carbonyl (C=O) groups excluding carboxylic acids is 1. The molecular formula is C17H32IN5O2. The molecule has 1 N–H and O–H groups in total. The van der Waals surface area contributed by atoms with E-state index in [2.05, 4.69) is 27.2 Å². The molecule has 3 aliphatic heterocycles. The minimum absolute atomic E-state index is 0. The molecule has 144 valence electrons. The Morgan fingerprint density at radius 2 is 2.08 bits per heavy atom. The molecule has 8 heteroatoms. The first-order chi connectivity index (χ1) is 11.3. The summed E-state index contributed by atoms with van der Waals surface area (Å²) in [6.07, 6.45) is 2.33. The van der Waals surface area contributed by atoms with Crippen molar-refractivity contribution in [3.63, 3.8) is 0 Å². The van der Waals surface area contributed by atoms with E-state index < -0.39 is 5.60 Å². The van der Waals surface area contributed by atoms with Gasteiger partial charge in [0.15, 0.2) is 5.96 Å². The molecule has 2 fully saturated rings. The minimum Gasteiger partial charge on any atom is -0.444 e. The monoisotopic (exact) mass is 465 g/mol. The van der Waals surface area contributed by atoms with Crippen LogP contribution in [0.5, 0.6) is 0 Å². The van der Waals surface area contributed by atoms with E-state index in [1.54, 1.807) is 0 Å². The lowest BCUT2D eigenvalue weighted by Gasteiger charge is -2.39. The van der Waals surface area contributed by atoms with Crippen LogP contribution in [0.2, 0.25) is 0 Å². The number of piperazine rings is 1. The van der Waals surface area contributed by atoms with Crippen molar-refractivity contribution in [1.82, 2.24) is 20.0 Å². The summed E-state index contributed by atoms with van der Waals surface area (Å²) in [4.78, 5) is 23.5. The van der Waals surface area contributed by atoms with Crippen LogP contribution in [0, 0.1) is 0 Å². The quantitative estimate of drug-likeness (QED) is 0.628. The molecule has 7 nitrogen and oxygen atoms in total. The van der Waals surface area contributed by atoms with Gasteiger partial charge in [-0.1, -0.05) is 0 Å². The fourth-order valence-electron chi connectivity index (χ4n) is 3.67. The smallest absolute Gasteiger partial charge is 0.410 e. The van der Waals surface area contributed by atoms with Gasteiger partial charge in [0.25, 0.3) is 0 Å². The minimum atomic E-state index is -0.444. The summed E-state index contributed by atoms with van der Waals surface area (Å²) in [5.74, 6) is 1.00. The third-order valence-corrected chi connectivity index (χ3v) is 5.03. The Labute approximate surface area is 168 Å². The molecule has 25 heavy (non-hydrogen) atoms. The maximum atomic E-state index is 12.2. The lowest BCUT2D eigenvalue weighted by atomic mass is 10.2. The Morgan fingerprint density at radius 1 is 1.32 bits per heavy atom. The second kappa shape index (κ2) is 8.28. The van der Waals surface area contributed by atoms with Crippen molar-refractivity contribution in [2.75, 3.05) is 46.3 Å². The van der Waals surface area contributed by atoms with Gasteiger partial charge in [0.1, 0.15) is 5.60 Å². The van der Waals surface area contributed by atoms with E-state index in [0.29, 0.717) is 19.1 Å². The van der Waals surface area contributed by atoms with Gasteiger partial charge in [-0.25, -0.2) is 4.79 Å². The number of likely N-dealkylation sites (tertiary alicyclic amines) is 1. The maximum absolute atomic E-state index is 12.2. The number of nitrogens with one attached hydrogen (secondary N) is 1. The van der Waals surface area contributed by atoms with E-state index >= 15 is 0 Å². The number of ether oxygens (including phenoxy) is 1. The molecule has 0 saturated carbocycles. The molecule has 0 spiro atoms. The van der Waals surface area contributed by atoms with Gasteiger partial charge in [0.2, 0.25) is 0 Å². The Morgan fingerprint density at radius 3 is 2.72 bits per heavy atom. The largest absolute Gasteiger partial charge is 0.444 e. The average Bonchev–Trinajstić information content (AvgIpc) is 3.09. The molecule has 2 unspecified atom stereocenters. The molecule has 0 radical (unpaired) electrons. The number of amides is 1. The SMILES string of the molecule is CN1CCCC1CNC1=NCC2CN(C(=O)OC(C)(C)C)CCN12.I. The van der Waals surface area contributed by atoms with Gasteiger partial charge in [0.05, 0.1) is 12.6 Å². The number of fused-ring (bicyclic) bond motifs is 1.